The monoisotopic (exact) mass is 286 g/mol. The average Bonchev–Trinajstić information content (AvgIpc) is 3.23. The zero-order chi connectivity index (χ0) is 13.9. The molecular formula is C16H18N2OS. The van der Waals surface area contributed by atoms with Gasteiger partial charge in [0.05, 0.1) is 12.3 Å². The molecule has 1 aliphatic rings. The van der Waals surface area contributed by atoms with Crippen molar-refractivity contribution in [3.8, 4) is 5.88 Å². The third kappa shape index (κ3) is 3.45. The van der Waals surface area contributed by atoms with E-state index in [1.54, 1.807) is 11.8 Å². The zero-order valence-electron chi connectivity index (χ0n) is 11.5. The van der Waals surface area contributed by atoms with Crippen LogP contribution in [0.25, 0.3) is 0 Å². The van der Waals surface area contributed by atoms with E-state index in [-0.39, 0.29) is 0 Å². The first-order valence-electron chi connectivity index (χ1n) is 6.84. The summed E-state index contributed by atoms with van der Waals surface area (Å²) < 4.78 is 5.71. The summed E-state index contributed by atoms with van der Waals surface area (Å²) in [5, 5.41) is 0.913. The van der Waals surface area contributed by atoms with Crippen molar-refractivity contribution in [1.82, 2.24) is 4.98 Å². The number of aryl methyl sites for hydroxylation is 1. The second kappa shape index (κ2) is 5.75. The van der Waals surface area contributed by atoms with Crippen LogP contribution in [0.1, 0.15) is 18.4 Å². The lowest BCUT2D eigenvalue weighted by atomic mass is 10.2. The van der Waals surface area contributed by atoms with E-state index < -0.39 is 0 Å². The first kappa shape index (κ1) is 13.3. The number of anilines is 1. The largest absolute Gasteiger partial charge is 0.476 e. The highest BCUT2D eigenvalue weighted by Crippen LogP contribution is 2.33. The normalized spacial score (nSPS) is 14.2. The number of ether oxygens (including phenoxy) is 1. The predicted octanol–water partition coefficient (Wildman–Crippen LogP) is 3.91. The number of hydrogen-bond acceptors (Lipinski definition) is 4. The Morgan fingerprint density at radius 2 is 2.15 bits per heavy atom. The van der Waals surface area contributed by atoms with E-state index in [0.29, 0.717) is 17.5 Å². The van der Waals surface area contributed by atoms with E-state index in [2.05, 4.69) is 36.2 Å². The van der Waals surface area contributed by atoms with Crippen molar-refractivity contribution in [3.63, 3.8) is 0 Å². The van der Waals surface area contributed by atoms with Gasteiger partial charge < -0.3 is 10.5 Å². The molecule has 3 rings (SSSR count). The van der Waals surface area contributed by atoms with Crippen LogP contribution >= 0.6 is 11.8 Å². The minimum absolute atomic E-state index is 0.564. The van der Waals surface area contributed by atoms with Gasteiger partial charge >= 0.3 is 0 Å². The predicted molar refractivity (Wildman–Crippen MR) is 82.2 cm³/mol. The number of aromatic nitrogens is 1. The Morgan fingerprint density at radius 3 is 2.90 bits per heavy atom. The maximum absolute atomic E-state index is 5.92. The Kier molecular flexibility index (Phi) is 3.83. The van der Waals surface area contributed by atoms with Gasteiger partial charge in [-0.2, -0.15) is 0 Å². The van der Waals surface area contributed by atoms with Crippen LogP contribution in [-0.2, 0) is 0 Å². The molecule has 2 N–H and O–H groups in total. The van der Waals surface area contributed by atoms with E-state index in [1.807, 2.05) is 12.1 Å². The SMILES string of the molecule is Cc1cccc(Sc2ccc(N)c(OCC3CC3)n2)c1. The van der Waals surface area contributed by atoms with Crippen molar-refractivity contribution in [2.45, 2.75) is 29.7 Å². The highest BCUT2D eigenvalue weighted by Gasteiger charge is 2.22. The van der Waals surface area contributed by atoms with Crippen LogP contribution in [0.5, 0.6) is 5.88 Å². The number of nitrogens with zero attached hydrogens (tertiary/aromatic N) is 1. The van der Waals surface area contributed by atoms with Crippen LogP contribution in [0.2, 0.25) is 0 Å². The third-order valence-corrected chi connectivity index (χ3v) is 4.15. The smallest absolute Gasteiger partial charge is 0.238 e. The first-order chi connectivity index (χ1) is 9.70. The van der Waals surface area contributed by atoms with Crippen LogP contribution in [0.3, 0.4) is 0 Å². The fraction of sp³-hybridized carbons (Fsp3) is 0.312. The fourth-order valence-corrected chi connectivity index (χ4v) is 2.79. The molecule has 1 saturated carbocycles. The molecule has 0 radical (unpaired) electrons. The van der Waals surface area contributed by atoms with E-state index in [0.717, 1.165) is 11.6 Å². The minimum atomic E-state index is 0.564. The number of hydrogen-bond donors (Lipinski definition) is 1. The molecule has 0 unspecified atom stereocenters. The molecule has 1 fully saturated rings. The molecule has 1 aromatic heterocycles. The summed E-state index contributed by atoms with van der Waals surface area (Å²) in [7, 11) is 0. The summed E-state index contributed by atoms with van der Waals surface area (Å²) >= 11 is 1.63. The molecule has 0 saturated heterocycles. The minimum Gasteiger partial charge on any atom is -0.476 e. The topological polar surface area (TPSA) is 48.1 Å². The summed E-state index contributed by atoms with van der Waals surface area (Å²) in [6.07, 6.45) is 2.52. The number of pyridine rings is 1. The molecule has 0 amide bonds. The maximum atomic E-state index is 5.92. The van der Waals surface area contributed by atoms with Gasteiger partial charge in [0.15, 0.2) is 0 Å². The quantitative estimate of drug-likeness (QED) is 0.905. The number of benzene rings is 1. The lowest BCUT2D eigenvalue weighted by Crippen LogP contribution is -2.04. The third-order valence-electron chi connectivity index (χ3n) is 3.23. The highest BCUT2D eigenvalue weighted by atomic mass is 32.2. The van der Waals surface area contributed by atoms with Crippen molar-refractivity contribution in [2.24, 2.45) is 5.92 Å². The van der Waals surface area contributed by atoms with Crippen molar-refractivity contribution in [1.29, 1.82) is 0 Å². The Hall–Kier alpha value is -1.68. The second-order valence-corrected chi connectivity index (χ2v) is 6.31. The molecule has 3 nitrogen and oxygen atoms in total. The van der Waals surface area contributed by atoms with Crippen molar-refractivity contribution >= 4 is 17.4 Å². The lowest BCUT2D eigenvalue weighted by molar-refractivity contribution is 0.288. The van der Waals surface area contributed by atoms with Gasteiger partial charge in [-0.15, -0.1) is 0 Å². The summed E-state index contributed by atoms with van der Waals surface area (Å²) in [5.74, 6) is 1.26. The summed E-state index contributed by atoms with van der Waals surface area (Å²) in [6.45, 7) is 2.82. The van der Waals surface area contributed by atoms with E-state index in [1.165, 1.54) is 23.3 Å². The van der Waals surface area contributed by atoms with Crippen molar-refractivity contribution in [3.05, 3.63) is 42.0 Å². The molecule has 4 heteroatoms. The van der Waals surface area contributed by atoms with Gasteiger partial charge in [0.1, 0.15) is 5.03 Å². The van der Waals surface area contributed by atoms with Gasteiger partial charge in [-0.05, 0) is 49.9 Å². The molecule has 0 spiro atoms. The number of nitrogen functional groups attached to an aromatic ring is 1. The Balaban J connectivity index is 1.73. The summed E-state index contributed by atoms with van der Waals surface area (Å²) in [6, 6.07) is 12.2. The maximum Gasteiger partial charge on any atom is 0.238 e. The number of rotatable bonds is 5. The average molecular weight is 286 g/mol. The zero-order valence-corrected chi connectivity index (χ0v) is 12.3. The van der Waals surface area contributed by atoms with Crippen LogP contribution in [0.4, 0.5) is 5.69 Å². The molecular weight excluding hydrogens is 268 g/mol. The summed E-state index contributed by atoms with van der Waals surface area (Å²) in [5.41, 5.74) is 7.77. The van der Waals surface area contributed by atoms with Crippen molar-refractivity contribution < 1.29 is 4.74 Å². The van der Waals surface area contributed by atoms with Gasteiger partial charge in [-0.3, -0.25) is 0 Å². The van der Waals surface area contributed by atoms with Gasteiger partial charge in [0.25, 0.3) is 0 Å². The second-order valence-electron chi connectivity index (χ2n) is 5.22. The van der Waals surface area contributed by atoms with Crippen LogP contribution in [0, 0.1) is 12.8 Å². The number of nitrogens with two attached hydrogens (primary N) is 1. The molecule has 20 heavy (non-hydrogen) atoms. The molecule has 0 bridgehead atoms. The van der Waals surface area contributed by atoms with Crippen LogP contribution in [0.15, 0.2) is 46.3 Å². The van der Waals surface area contributed by atoms with E-state index in [4.69, 9.17) is 10.5 Å². The molecule has 1 heterocycles. The summed E-state index contributed by atoms with van der Waals surface area (Å²) in [4.78, 5) is 5.69. The van der Waals surface area contributed by atoms with E-state index in [9.17, 15) is 0 Å². The first-order valence-corrected chi connectivity index (χ1v) is 7.66. The Bertz CT molecular complexity index is 611. The van der Waals surface area contributed by atoms with Gasteiger partial charge in [-0.25, -0.2) is 4.98 Å². The molecule has 0 atom stereocenters. The Labute approximate surface area is 123 Å². The van der Waals surface area contributed by atoms with Crippen molar-refractivity contribution in [2.75, 3.05) is 12.3 Å². The van der Waals surface area contributed by atoms with Gasteiger partial charge in [0.2, 0.25) is 5.88 Å². The lowest BCUT2D eigenvalue weighted by Gasteiger charge is -2.09. The van der Waals surface area contributed by atoms with E-state index >= 15 is 0 Å². The van der Waals surface area contributed by atoms with Gasteiger partial charge in [-0.1, -0.05) is 29.5 Å². The molecule has 0 aliphatic heterocycles. The Morgan fingerprint density at radius 1 is 1.30 bits per heavy atom. The molecule has 1 aromatic carbocycles. The standard InChI is InChI=1S/C16H18N2OS/c1-11-3-2-4-13(9-11)20-15-8-7-14(17)16(18-15)19-10-12-5-6-12/h2-4,7-9,12H,5-6,10,17H2,1H3. The van der Waals surface area contributed by atoms with Crippen LogP contribution < -0.4 is 10.5 Å². The molecule has 104 valence electrons. The van der Waals surface area contributed by atoms with Gasteiger partial charge in [0, 0.05) is 4.90 Å². The highest BCUT2D eigenvalue weighted by molar-refractivity contribution is 7.99. The van der Waals surface area contributed by atoms with Crippen LogP contribution in [-0.4, -0.2) is 11.6 Å². The molecule has 1 aliphatic carbocycles. The molecule has 2 aromatic rings. The fourth-order valence-electron chi connectivity index (χ4n) is 1.89.